The fourth-order valence-corrected chi connectivity index (χ4v) is 1.50. The van der Waals surface area contributed by atoms with Crippen LogP contribution in [0.2, 0.25) is 0 Å². The molecule has 0 fully saturated rings. The van der Waals surface area contributed by atoms with Gasteiger partial charge in [0.05, 0.1) is 5.39 Å². The van der Waals surface area contributed by atoms with Gasteiger partial charge in [0.1, 0.15) is 17.3 Å². The van der Waals surface area contributed by atoms with Crippen molar-refractivity contribution in [3.05, 3.63) is 18.1 Å². The van der Waals surface area contributed by atoms with Crippen molar-refractivity contribution in [2.45, 2.75) is 33.2 Å². The van der Waals surface area contributed by atoms with Gasteiger partial charge < -0.3 is 10.3 Å². The second-order valence-corrected chi connectivity index (χ2v) is 4.73. The largest absolute Gasteiger partial charge is 0.365 e. The number of aromatic amines is 1. The number of hydrogen-bond donors (Lipinski definition) is 2. The minimum Gasteiger partial charge on any atom is -0.365 e. The van der Waals surface area contributed by atoms with Crippen molar-refractivity contribution in [1.82, 2.24) is 15.0 Å². The molecule has 0 aliphatic heterocycles. The molecule has 2 aromatic rings. The molecule has 2 aromatic heterocycles. The van der Waals surface area contributed by atoms with Gasteiger partial charge >= 0.3 is 0 Å². The molecule has 2 N–H and O–H groups in total. The Bertz CT molecular complexity index is 479. The number of aryl methyl sites for hydroxylation is 1. The van der Waals surface area contributed by atoms with Crippen LogP contribution in [0.15, 0.2) is 12.3 Å². The van der Waals surface area contributed by atoms with Crippen molar-refractivity contribution in [2.75, 3.05) is 5.32 Å². The van der Waals surface area contributed by atoms with E-state index in [2.05, 4.69) is 41.0 Å². The van der Waals surface area contributed by atoms with E-state index in [-0.39, 0.29) is 5.54 Å². The first-order valence-corrected chi connectivity index (χ1v) is 5.06. The highest BCUT2D eigenvalue weighted by atomic mass is 15.1. The zero-order valence-corrected chi connectivity index (χ0v) is 9.55. The molecule has 0 aliphatic carbocycles. The molecule has 0 spiro atoms. The van der Waals surface area contributed by atoms with Crippen LogP contribution >= 0.6 is 0 Å². The molecule has 2 heterocycles. The average Bonchev–Trinajstić information content (AvgIpc) is 2.48. The summed E-state index contributed by atoms with van der Waals surface area (Å²) >= 11 is 0. The SMILES string of the molecule is Cc1nc(NC(C)(C)C)c2cc[nH]c2n1. The van der Waals surface area contributed by atoms with E-state index in [9.17, 15) is 0 Å². The number of fused-ring (bicyclic) bond motifs is 1. The highest BCUT2D eigenvalue weighted by Gasteiger charge is 2.13. The summed E-state index contributed by atoms with van der Waals surface area (Å²) in [5.41, 5.74) is 0.889. The Morgan fingerprint density at radius 1 is 1.27 bits per heavy atom. The van der Waals surface area contributed by atoms with Gasteiger partial charge in [0.2, 0.25) is 0 Å². The maximum Gasteiger partial charge on any atom is 0.143 e. The van der Waals surface area contributed by atoms with Crippen LogP contribution in [-0.2, 0) is 0 Å². The van der Waals surface area contributed by atoms with Crippen LogP contribution in [0.5, 0.6) is 0 Å². The summed E-state index contributed by atoms with van der Waals surface area (Å²) in [6.07, 6.45) is 1.88. The maximum absolute atomic E-state index is 4.42. The summed E-state index contributed by atoms with van der Waals surface area (Å²) in [7, 11) is 0. The van der Waals surface area contributed by atoms with Gasteiger partial charge in [-0.25, -0.2) is 9.97 Å². The van der Waals surface area contributed by atoms with E-state index in [1.165, 1.54) is 0 Å². The van der Waals surface area contributed by atoms with Crippen molar-refractivity contribution in [3.8, 4) is 0 Å². The third-order valence-electron chi connectivity index (χ3n) is 2.02. The molecule has 0 atom stereocenters. The van der Waals surface area contributed by atoms with Crippen molar-refractivity contribution in [1.29, 1.82) is 0 Å². The van der Waals surface area contributed by atoms with Crippen LogP contribution in [-0.4, -0.2) is 20.5 Å². The normalized spacial score (nSPS) is 12.0. The summed E-state index contributed by atoms with van der Waals surface area (Å²) in [6.45, 7) is 8.24. The van der Waals surface area contributed by atoms with E-state index in [0.717, 1.165) is 22.7 Å². The molecule has 0 saturated heterocycles. The summed E-state index contributed by atoms with van der Waals surface area (Å²) in [6, 6.07) is 1.99. The third kappa shape index (κ3) is 2.09. The van der Waals surface area contributed by atoms with Gasteiger partial charge in [0, 0.05) is 11.7 Å². The number of aromatic nitrogens is 3. The zero-order chi connectivity index (χ0) is 11.1. The minimum atomic E-state index is 0.00495. The van der Waals surface area contributed by atoms with E-state index in [1.807, 2.05) is 19.2 Å². The maximum atomic E-state index is 4.42. The average molecular weight is 204 g/mol. The van der Waals surface area contributed by atoms with Gasteiger partial charge in [0.25, 0.3) is 0 Å². The molecule has 0 radical (unpaired) electrons. The van der Waals surface area contributed by atoms with Crippen molar-refractivity contribution in [3.63, 3.8) is 0 Å². The Morgan fingerprint density at radius 3 is 2.67 bits per heavy atom. The fourth-order valence-electron chi connectivity index (χ4n) is 1.50. The smallest absolute Gasteiger partial charge is 0.143 e. The molecule has 0 bridgehead atoms. The molecule has 15 heavy (non-hydrogen) atoms. The Hall–Kier alpha value is -1.58. The number of anilines is 1. The predicted molar refractivity (Wildman–Crippen MR) is 62.0 cm³/mol. The molecule has 2 rings (SSSR count). The molecule has 80 valence electrons. The second kappa shape index (κ2) is 3.22. The van der Waals surface area contributed by atoms with E-state index in [1.54, 1.807) is 0 Å². The van der Waals surface area contributed by atoms with Crippen LogP contribution in [0.3, 0.4) is 0 Å². The summed E-state index contributed by atoms with van der Waals surface area (Å²) in [4.78, 5) is 11.8. The van der Waals surface area contributed by atoms with Gasteiger partial charge in [-0.15, -0.1) is 0 Å². The van der Waals surface area contributed by atoms with E-state index >= 15 is 0 Å². The van der Waals surface area contributed by atoms with E-state index < -0.39 is 0 Å². The van der Waals surface area contributed by atoms with Gasteiger partial charge in [-0.1, -0.05) is 0 Å². The summed E-state index contributed by atoms with van der Waals surface area (Å²) in [5.74, 6) is 1.67. The van der Waals surface area contributed by atoms with Gasteiger partial charge in [-0.3, -0.25) is 0 Å². The standard InChI is InChI=1S/C11H16N4/c1-7-13-9-8(5-6-12-9)10(14-7)15-11(2,3)4/h5-6H,1-4H3,(H2,12,13,14,15). The highest BCUT2D eigenvalue weighted by Crippen LogP contribution is 2.21. The topological polar surface area (TPSA) is 53.6 Å². The first-order chi connectivity index (χ1) is 6.96. The number of rotatable bonds is 1. The number of nitrogens with zero attached hydrogens (tertiary/aromatic N) is 2. The van der Waals surface area contributed by atoms with Crippen LogP contribution in [0.4, 0.5) is 5.82 Å². The molecule has 4 heteroatoms. The lowest BCUT2D eigenvalue weighted by Gasteiger charge is -2.21. The molecule has 0 aromatic carbocycles. The second-order valence-electron chi connectivity index (χ2n) is 4.73. The molecular weight excluding hydrogens is 188 g/mol. The molecular formula is C11H16N4. The fraction of sp³-hybridized carbons (Fsp3) is 0.455. The van der Waals surface area contributed by atoms with Gasteiger partial charge in [-0.2, -0.15) is 0 Å². The Kier molecular flexibility index (Phi) is 2.14. The van der Waals surface area contributed by atoms with Crippen molar-refractivity contribution in [2.24, 2.45) is 0 Å². The lowest BCUT2D eigenvalue weighted by Crippen LogP contribution is -2.27. The van der Waals surface area contributed by atoms with Gasteiger partial charge in [-0.05, 0) is 33.8 Å². The molecule has 0 amide bonds. The third-order valence-corrected chi connectivity index (χ3v) is 2.02. The Morgan fingerprint density at radius 2 is 2.00 bits per heavy atom. The van der Waals surface area contributed by atoms with Crippen molar-refractivity contribution < 1.29 is 0 Å². The quantitative estimate of drug-likeness (QED) is 0.750. The van der Waals surface area contributed by atoms with Crippen LogP contribution in [0.25, 0.3) is 11.0 Å². The zero-order valence-electron chi connectivity index (χ0n) is 9.55. The number of hydrogen-bond acceptors (Lipinski definition) is 3. The number of H-pyrrole nitrogens is 1. The Balaban J connectivity index is 2.53. The summed E-state index contributed by atoms with van der Waals surface area (Å²) < 4.78 is 0. The minimum absolute atomic E-state index is 0.00495. The lowest BCUT2D eigenvalue weighted by molar-refractivity contribution is 0.631. The van der Waals surface area contributed by atoms with E-state index in [4.69, 9.17) is 0 Å². The molecule has 4 nitrogen and oxygen atoms in total. The van der Waals surface area contributed by atoms with Gasteiger partial charge in [0.15, 0.2) is 0 Å². The molecule has 0 unspecified atom stereocenters. The van der Waals surface area contributed by atoms with E-state index in [0.29, 0.717) is 0 Å². The first kappa shape index (κ1) is 9.96. The Labute approximate surface area is 89.1 Å². The monoisotopic (exact) mass is 204 g/mol. The highest BCUT2D eigenvalue weighted by molar-refractivity contribution is 5.87. The molecule has 0 saturated carbocycles. The van der Waals surface area contributed by atoms with Crippen LogP contribution in [0, 0.1) is 6.92 Å². The predicted octanol–water partition coefficient (Wildman–Crippen LogP) is 2.48. The first-order valence-electron chi connectivity index (χ1n) is 5.06. The summed E-state index contributed by atoms with van der Waals surface area (Å²) in [5, 5.41) is 4.42. The lowest BCUT2D eigenvalue weighted by atomic mass is 10.1. The van der Waals surface area contributed by atoms with Crippen molar-refractivity contribution >= 4 is 16.9 Å². The molecule has 0 aliphatic rings. The van der Waals surface area contributed by atoms with Crippen LogP contribution < -0.4 is 5.32 Å². The van der Waals surface area contributed by atoms with Crippen LogP contribution in [0.1, 0.15) is 26.6 Å². The number of nitrogens with one attached hydrogen (secondary N) is 2.